The zero-order valence-electron chi connectivity index (χ0n) is 19.3. The van der Waals surface area contributed by atoms with Crippen LogP contribution in [0.1, 0.15) is 41.0 Å². The number of hydrogen-bond donors (Lipinski definition) is 1. The Labute approximate surface area is 194 Å². The summed E-state index contributed by atoms with van der Waals surface area (Å²) >= 11 is 0. The Morgan fingerprint density at radius 2 is 1.76 bits per heavy atom. The van der Waals surface area contributed by atoms with Crippen molar-refractivity contribution in [2.24, 2.45) is 5.41 Å². The lowest BCUT2D eigenvalue weighted by molar-refractivity contribution is -0.185. The molecule has 1 aliphatic carbocycles. The first-order valence-corrected chi connectivity index (χ1v) is 10.4. The van der Waals surface area contributed by atoms with Crippen molar-refractivity contribution in [2.45, 2.75) is 65.6 Å². The second kappa shape index (κ2) is 9.47. The monoisotopic (exact) mass is 479 g/mol. The summed E-state index contributed by atoms with van der Waals surface area (Å²) in [5, 5.41) is 7.56. The molecule has 0 aromatic rings. The first-order valence-electron chi connectivity index (χ1n) is 10.4. The number of carbonyl (C=O) groups excluding carboxylic acids is 5. The van der Waals surface area contributed by atoms with Crippen molar-refractivity contribution in [1.82, 2.24) is 0 Å². The number of allylic oxidation sites excluding steroid dienone is 1. The van der Waals surface area contributed by atoms with Gasteiger partial charge in [-0.05, 0) is 17.9 Å². The van der Waals surface area contributed by atoms with Gasteiger partial charge in [0.05, 0.1) is 6.61 Å². The first kappa shape index (κ1) is 25.2. The van der Waals surface area contributed by atoms with E-state index in [-0.39, 0.29) is 18.8 Å². The van der Waals surface area contributed by atoms with Crippen molar-refractivity contribution in [1.29, 1.82) is 5.41 Å². The lowest BCUT2D eigenvalue weighted by Crippen LogP contribution is -2.42. The van der Waals surface area contributed by atoms with Gasteiger partial charge in [0.1, 0.15) is 6.10 Å². The molecule has 0 radical (unpaired) electrons. The standard InChI is InChI=1S/C22H25NO11/c1-9-12(7-23)22(4,5)6-13(15(9)26)32-20(28)21-29-8-14(33-21)16-17(30-10(2)24)18(19(27)34-16)31-11(3)25/h7,13-14,16,21,23H,6,8H2,1-5H3/t13?,14-,16+,21?/m0/s1. The highest BCUT2D eigenvalue weighted by molar-refractivity contribution is 6.05. The molecular weight excluding hydrogens is 454 g/mol. The van der Waals surface area contributed by atoms with Crippen LogP contribution in [0.2, 0.25) is 0 Å². The SMILES string of the molecule is CC(=O)OC1=C(OC(C)=O)[C@@H]([C@@H]2COC(C(=O)OC3CC(C)(C)C(C=N)=C(C)C3=O)O2)OC1=O. The minimum Gasteiger partial charge on any atom is -0.450 e. The van der Waals surface area contributed by atoms with Crippen LogP contribution in [0.5, 0.6) is 0 Å². The summed E-state index contributed by atoms with van der Waals surface area (Å²) in [5.74, 6) is -5.05. The van der Waals surface area contributed by atoms with Crippen molar-refractivity contribution in [3.8, 4) is 0 Å². The molecule has 2 aliphatic heterocycles. The molecule has 4 atom stereocenters. The fourth-order valence-electron chi connectivity index (χ4n) is 4.04. The summed E-state index contributed by atoms with van der Waals surface area (Å²) in [6.45, 7) is 7.11. The molecule has 0 amide bonds. The molecule has 0 saturated carbocycles. The number of Topliss-reactive ketones (excluding diaryl/α,β-unsaturated/α-hetero) is 1. The summed E-state index contributed by atoms with van der Waals surface area (Å²) in [5.41, 5.74) is 0.330. The molecule has 12 heteroatoms. The summed E-state index contributed by atoms with van der Waals surface area (Å²) in [7, 11) is 0. The largest absolute Gasteiger partial charge is 0.450 e. The van der Waals surface area contributed by atoms with Crippen molar-refractivity contribution in [3.63, 3.8) is 0 Å². The van der Waals surface area contributed by atoms with Gasteiger partial charge in [-0.1, -0.05) is 13.8 Å². The Hall–Kier alpha value is -3.38. The first-order chi connectivity index (χ1) is 15.9. The molecule has 2 unspecified atom stereocenters. The molecule has 1 fully saturated rings. The van der Waals surface area contributed by atoms with Crippen molar-refractivity contribution < 1.29 is 52.4 Å². The van der Waals surface area contributed by atoms with Crippen molar-refractivity contribution in [2.75, 3.05) is 6.61 Å². The fourth-order valence-corrected chi connectivity index (χ4v) is 4.04. The highest BCUT2D eigenvalue weighted by Gasteiger charge is 2.49. The molecule has 0 spiro atoms. The molecule has 0 bridgehead atoms. The third-order valence-corrected chi connectivity index (χ3v) is 5.54. The Balaban J connectivity index is 1.72. The third kappa shape index (κ3) is 4.92. The summed E-state index contributed by atoms with van der Waals surface area (Å²) in [6, 6.07) is 0. The second-order valence-corrected chi connectivity index (χ2v) is 8.61. The number of esters is 4. The number of ether oxygens (including phenoxy) is 6. The Morgan fingerprint density at radius 1 is 1.12 bits per heavy atom. The third-order valence-electron chi connectivity index (χ3n) is 5.54. The zero-order valence-corrected chi connectivity index (χ0v) is 19.3. The van der Waals surface area contributed by atoms with Gasteiger partial charge in [0.15, 0.2) is 18.0 Å². The van der Waals surface area contributed by atoms with Gasteiger partial charge in [-0.25, -0.2) is 9.59 Å². The smallest absolute Gasteiger partial charge is 0.378 e. The van der Waals surface area contributed by atoms with E-state index in [0.29, 0.717) is 11.1 Å². The molecule has 1 saturated heterocycles. The van der Waals surface area contributed by atoms with Crippen molar-refractivity contribution in [3.05, 3.63) is 22.7 Å². The quantitative estimate of drug-likeness (QED) is 0.326. The number of carbonyl (C=O) groups is 5. The van der Waals surface area contributed by atoms with E-state index in [1.807, 2.05) is 13.8 Å². The predicted molar refractivity (Wildman–Crippen MR) is 110 cm³/mol. The van der Waals surface area contributed by atoms with Crippen LogP contribution in [-0.4, -0.2) is 67.1 Å². The topological polar surface area (TPSA) is 165 Å². The Kier molecular flexibility index (Phi) is 7.03. The molecular formula is C22H25NO11. The molecule has 34 heavy (non-hydrogen) atoms. The summed E-state index contributed by atoms with van der Waals surface area (Å²) in [6.07, 6.45) is -3.74. The highest BCUT2D eigenvalue weighted by atomic mass is 16.8. The molecule has 2 heterocycles. The van der Waals surface area contributed by atoms with Crippen LogP contribution < -0.4 is 0 Å². The van der Waals surface area contributed by atoms with Gasteiger partial charge >= 0.3 is 23.9 Å². The van der Waals surface area contributed by atoms with E-state index in [0.717, 1.165) is 20.1 Å². The summed E-state index contributed by atoms with van der Waals surface area (Å²) < 4.78 is 31.1. The van der Waals surface area contributed by atoms with Gasteiger partial charge < -0.3 is 33.8 Å². The van der Waals surface area contributed by atoms with Crippen LogP contribution in [0.3, 0.4) is 0 Å². The van der Waals surface area contributed by atoms with E-state index in [4.69, 9.17) is 33.8 Å². The van der Waals surface area contributed by atoms with Gasteiger partial charge in [0, 0.05) is 32.1 Å². The van der Waals surface area contributed by atoms with Crippen LogP contribution >= 0.6 is 0 Å². The highest BCUT2D eigenvalue weighted by Crippen LogP contribution is 2.39. The maximum Gasteiger partial charge on any atom is 0.378 e. The number of hydrogen-bond acceptors (Lipinski definition) is 12. The van der Waals surface area contributed by atoms with E-state index in [1.54, 1.807) is 6.92 Å². The van der Waals surface area contributed by atoms with E-state index in [9.17, 15) is 24.0 Å². The van der Waals surface area contributed by atoms with Crippen LogP contribution in [-0.2, 0) is 52.4 Å². The van der Waals surface area contributed by atoms with Gasteiger partial charge in [-0.2, -0.15) is 0 Å². The number of cyclic esters (lactones) is 1. The number of rotatable bonds is 6. The lowest BCUT2D eigenvalue weighted by Gasteiger charge is -2.35. The van der Waals surface area contributed by atoms with Gasteiger partial charge in [0.2, 0.25) is 5.76 Å². The molecule has 3 aliphatic rings. The molecule has 12 nitrogen and oxygen atoms in total. The second-order valence-electron chi connectivity index (χ2n) is 8.61. The average Bonchev–Trinajstić information content (AvgIpc) is 3.32. The van der Waals surface area contributed by atoms with Crippen LogP contribution in [0, 0.1) is 10.8 Å². The number of nitrogens with one attached hydrogen (secondary N) is 1. The van der Waals surface area contributed by atoms with Crippen LogP contribution in [0.15, 0.2) is 22.7 Å². The number of ketones is 1. The minimum absolute atomic E-state index is 0.168. The van der Waals surface area contributed by atoms with Crippen molar-refractivity contribution >= 4 is 35.9 Å². The maximum absolute atomic E-state index is 12.7. The minimum atomic E-state index is -1.54. The predicted octanol–water partition coefficient (Wildman–Crippen LogP) is 0.868. The van der Waals surface area contributed by atoms with Gasteiger partial charge in [0.25, 0.3) is 12.0 Å². The van der Waals surface area contributed by atoms with Gasteiger partial charge in [-0.15, -0.1) is 0 Å². The molecule has 0 aromatic carbocycles. The van der Waals surface area contributed by atoms with E-state index < -0.39 is 65.4 Å². The molecule has 184 valence electrons. The average molecular weight is 479 g/mol. The van der Waals surface area contributed by atoms with Crippen LogP contribution in [0.4, 0.5) is 0 Å². The van der Waals surface area contributed by atoms with Gasteiger partial charge in [-0.3, -0.25) is 14.4 Å². The lowest BCUT2D eigenvalue weighted by atomic mass is 9.71. The van der Waals surface area contributed by atoms with E-state index in [2.05, 4.69) is 0 Å². The summed E-state index contributed by atoms with van der Waals surface area (Å²) in [4.78, 5) is 60.2. The van der Waals surface area contributed by atoms with E-state index in [1.165, 1.54) is 0 Å². The zero-order chi connectivity index (χ0) is 25.4. The maximum atomic E-state index is 12.7. The normalized spacial score (nSPS) is 28.5. The van der Waals surface area contributed by atoms with E-state index >= 15 is 0 Å². The Bertz CT molecular complexity index is 1020. The Morgan fingerprint density at radius 3 is 2.35 bits per heavy atom. The van der Waals surface area contributed by atoms with Crippen LogP contribution in [0.25, 0.3) is 0 Å². The molecule has 0 aromatic heterocycles. The molecule has 3 rings (SSSR count). The molecule has 1 N–H and O–H groups in total. The fraction of sp³-hybridized carbons (Fsp3) is 0.545.